The second kappa shape index (κ2) is 8.67. The fourth-order valence-corrected chi connectivity index (χ4v) is 4.94. The quantitative estimate of drug-likeness (QED) is 0.602. The van der Waals surface area contributed by atoms with E-state index in [1.54, 1.807) is 29.2 Å². The third-order valence-corrected chi connectivity index (χ3v) is 7.13. The summed E-state index contributed by atoms with van der Waals surface area (Å²) in [5.74, 6) is 0.305. The van der Waals surface area contributed by atoms with Crippen LogP contribution in [0.5, 0.6) is 5.75 Å². The van der Waals surface area contributed by atoms with Crippen LogP contribution >= 0.6 is 0 Å². The van der Waals surface area contributed by atoms with Crippen LogP contribution in [0.1, 0.15) is 23.6 Å². The van der Waals surface area contributed by atoms with Gasteiger partial charge in [-0.25, -0.2) is 8.42 Å². The molecule has 1 amide bonds. The van der Waals surface area contributed by atoms with Crippen molar-refractivity contribution in [1.82, 2.24) is 0 Å². The standard InChI is InChI=1S/C25H26N2O4S/c1-17-8-9-21(14-18(17)2)26-32(29,30)23-12-10-22(11-13-23)31-16-25(28)27-19(3)15-20-6-4-5-7-24(20)27/h4-14,19,26H,15-16H2,1-3H3/t19-/m0/s1. The maximum atomic E-state index is 12.8. The number of sulfonamides is 1. The van der Waals surface area contributed by atoms with Crippen LogP contribution in [0.15, 0.2) is 71.6 Å². The number of aryl methyl sites for hydroxylation is 2. The zero-order valence-electron chi connectivity index (χ0n) is 18.3. The first-order valence-electron chi connectivity index (χ1n) is 10.5. The van der Waals surface area contributed by atoms with Crippen LogP contribution in [-0.2, 0) is 21.2 Å². The molecular weight excluding hydrogens is 424 g/mol. The fourth-order valence-electron chi connectivity index (χ4n) is 3.89. The number of carbonyl (C=O) groups is 1. The van der Waals surface area contributed by atoms with Crippen LogP contribution in [0, 0.1) is 13.8 Å². The Morgan fingerprint density at radius 1 is 1.03 bits per heavy atom. The van der Waals surface area contributed by atoms with Crippen molar-refractivity contribution in [1.29, 1.82) is 0 Å². The highest BCUT2D eigenvalue weighted by Gasteiger charge is 2.30. The molecule has 1 heterocycles. The Morgan fingerprint density at radius 2 is 1.75 bits per heavy atom. The van der Waals surface area contributed by atoms with Crippen LogP contribution in [-0.4, -0.2) is 27.0 Å². The smallest absolute Gasteiger partial charge is 0.265 e. The van der Waals surface area contributed by atoms with Crippen molar-refractivity contribution < 1.29 is 17.9 Å². The molecule has 0 saturated heterocycles. The molecule has 32 heavy (non-hydrogen) atoms. The third-order valence-electron chi connectivity index (χ3n) is 5.73. The summed E-state index contributed by atoms with van der Waals surface area (Å²) in [6.07, 6.45) is 0.821. The van der Waals surface area contributed by atoms with E-state index in [-0.39, 0.29) is 23.5 Å². The van der Waals surface area contributed by atoms with Crippen LogP contribution in [0.2, 0.25) is 0 Å². The number of carbonyl (C=O) groups excluding carboxylic acids is 1. The molecule has 7 heteroatoms. The van der Waals surface area contributed by atoms with Crippen molar-refractivity contribution in [2.24, 2.45) is 0 Å². The van der Waals surface area contributed by atoms with Gasteiger partial charge in [0.1, 0.15) is 5.75 Å². The molecule has 1 aliphatic heterocycles. The highest BCUT2D eigenvalue weighted by Crippen LogP contribution is 2.32. The zero-order valence-corrected chi connectivity index (χ0v) is 19.1. The van der Waals surface area contributed by atoms with E-state index in [4.69, 9.17) is 4.74 Å². The highest BCUT2D eigenvalue weighted by molar-refractivity contribution is 7.92. The lowest BCUT2D eigenvalue weighted by Gasteiger charge is -2.22. The summed E-state index contributed by atoms with van der Waals surface area (Å²) in [4.78, 5) is 14.7. The first-order chi connectivity index (χ1) is 15.2. The minimum Gasteiger partial charge on any atom is -0.484 e. The Morgan fingerprint density at radius 3 is 2.47 bits per heavy atom. The van der Waals surface area contributed by atoms with Gasteiger partial charge in [0.25, 0.3) is 15.9 Å². The van der Waals surface area contributed by atoms with E-state index < -0.39 is 10.0 Å². The molecule has 3 aromatic carbocycles. The summed E-state index contributed by atoms with van der Waals surface area (Å²) in [6.45, 7) is 5.80. The van der Waals surface area contributed by atoms with E-state index in [0.29, 0.717) is 11.4 Å². The average Bonchev–Trinajstić information content (AvgIpc) is 3.10. The van der Waals surface area contributed by atoms with Crippen molar-refractivity contribution >= 4 is 27.3 Å². The molecule has 4 rings (SSSR count). The fraction of sp³-hybridized carbons (Fsp3) is 0.240. The minimum atomic E-state index is -3.73. The second-order valence-electron chi connectivity index (χ2n) is 8.11. The highest BCUT2D eigenvalue weighted by atomic mass is 32.2. The van der Waals surface area contributed by atoms with Gasteiger partial charge in [-0.3, -0.25) is 9.52 Å². The second-order valence-corrected chi connectivity index (χ2v) is 9.79. The predicted molar refractivity (Wildman–Crippen MR) is 126 cm³/mol. The van der Waals surface area contributed by atoms with E-state index in [1.165, 1.54) is 12.1 Å². The number of benzene rings is 3. The van der Waals surface area contributed by atoms with E-state index in [2.05, 4.69) is 4.72 Å². The molecule has 0 spiro atoms. The Bertz CT molecular complexity index is 1250. The van der Waals surface area contributed by atoms with E-state index in [9.17, 15) is 13.2 Å². The van der Waals surface area contributed by atoms with Crippen molar-refractivity contribution in [3.8, 4) is 5.75 Å². The molecule has 166 valence electrons. The number of fused-ring (bicyclic) bond motifs is 1. The summed E-state index contributed by atoms with van der Waals surface area (Å²) >= 11 is 0. The first kappa shape index (κ1) is 21.9. The summed E-state index contributed by atoms with van der Waals surface area (Å²) in [6, 6.07) is 19.4. The Hall–Kier alpha value is -3.32. The molecule has 0 aromatic heterocycles. The number of nitrogens with one attached hydrogen (secondary N) is 1. The van der Waals surface area contributed by atoms with Gasteiger partial charge in [-0.2, -0.15) is 0 Å². The molecule has 0 radical (unpaired) electrons. The topological polar surface area (TPSA) is 75.7 Å². The molecule has 3 aromatic rings. The predicted octanol–water partition coefficient (Wildman–Crippen LogP) is 4.46. The van der Waals surface area contributed by atoms with Crippen LogP contribution in [0.25, 0.3) is 0 Å². The molecule has 0 fully saturated rings. The molecule has 0 saturated carbocycles. The summed E-state index contributed by atoms with van der Waals surface area (Å²) in [5.41, 5.74) is 4.69. The van der Waals surface area contributed by atoms with Gasteiger partial charge in [-0.05, 0) is 86.3 Å². The van der Waals surface area contributed by atoms with E-state index in [0.717, 1.165) is 28.8 Å². The SMILES string of the molecule is Cc1ccc(NS(=O)(=O)c2ccc(OCC(=O)N3c4ccccc4C[C@@H]3C)cc2)cc1C. The number of para-hydroxylation sites is 1. The number of hydrogen-bond donors (Lipinski definition) is 1. The molecule has 1 atom stereocenters. The van der Waals surface area contributed by atoms with Gasteiger partial charge in [0.15, 0.2) is 6.61 Å². The van der Waals surface area contributed by atoms with E-state index >= 15 is 0 Å². The largest absolute Gasteiger partial charge is 0.484 e. The maximum Gasteiger partial charge on any atom is 0.265 e. The lowest BCUT2D eigenvalue weighted by atomic mass is 10.1. The van der Waals surface area contributed by atoms with Gasteiger partial charge >= 0.3 is 0 Å². The number of amides is 1. The molecule has 0 bridgehead atoms. The zero-order chi connectivity index (χ0) is 22.9. The van der Waals surface area contributed by atoms with Crippen molar-refractivity contribution in [2.75, 3.05) is 16.2 Å². The van der Waals surface area contributed by atoms with Gasteiger partial charge in [0.2, 0.25) is 0 Å². The molecule has 6 nitrogen and oxygen atoms in total. The first-order valence-corrected chi connectivity index (χ1v) is 12.0. The number of anilines is 2. The number of hydrogen-bond acceptors (Lipinski definition) is 4. The van der Waals surface area contributed by atoms with Crippen molar-refractivity contribution in [3.05, 3.63) is 83.4 Å². The lowest BCUT2D eigenvalue weighted by molar-refractivity contribution is -0.120. The molecular formula is C25H26N2O4S. The van der Waals surface area contributed by atoms with Gasteiger partial charge in [0.05, 0.1) is 4.90 Å². The van der Waals surface area contributed by atoms with E-state index in [1.807, 2.05) is 51.1 Å². The Balaban J connectivity index is 1.40. The molecule has 0 aliphatic carbocycles. The maximum absolute atomic E-state index is 12.8. The van der Waals surface area contributed by atoms with Crippen LogP contribution in [0.3, 0.4) is 0 Å². The summed E-state index contributed by atoms with van der Waals surface area (Å²) in [5, 5.41) is 0. The van der Waals surface area contributed by atoms with Crippen molar-refractivity contribution in [3.63, 3.8) is 0 Å². The number of rotatable bonds is 6. The minimum absolute atomic E-state index is 0.0764. The summed E-state index contributed by atoms with van der Waals surface area (Å²) < 4.78 is 33.6. The van der Waals surface area contributed by atoms with Gasteiger partial charge in [-0.1, -0.05) is 24.3 Å². The van der Waals surface area contributed by atoms with Crippen molar-refractivity contribution in [2.45, 2.75) is 38.1 Å². The van der Waals surface area contributed by atoms with Gasteiger partial charge in [-0.15, -0.1) is 0 Å². The average molecular weight is 451 g/mol. The third kappa shape index (κ3) is 4.48. The lowest BCUT2D eigenvalue weighted by Crippen LogP contribution is -2.39. The van der Waals surface area contributed by atoms with Crippen LogP contribution in [0.4, 0.5) is 11.4 Å². The molecule has 1 aliphatic rings. The van der Waals surface area contributed by atoms with Gasteiger partial charge < -0.3 is 9.64 Å². The normalized spacial score (nSPS) is 15.3. The number of ether oxygens (including phenoxy) is 1. The molecule has 0 unspecified atom stereocenters. The monoisotopic (exact) mass is 450 g/mol. The van der Waals surface area contributed by atoms with Crippen LogP contribution < -0.4 is 14.4 Å². The summed E-state index contributed by atoms with van der Waals surface area (Å²) in [7, 11) is -3.73. The number of nitrogens with zero attached hydrogens (tertiary/aromatic N) is 1. The Kier molecular flexibility index (Phi) is 5.93. The molecule has 1 N–H and O–H groups in total. The van der Waals surface area contributed by atoms with Gasteiger partial charge in [0, 0.05) is 17.4 Å². The Labute approximate surface area is 188 Å².